The minimum absolute atomic E-state index is 0.0842. The lowest BCUT2D eigenvalue weighted by Gasteiger charge is -2.26. The van der Waals surface area contributed by atoms with E-state index in [1.165, 1.54) is 35.1 Å². The number of halogens is 1. The Morgan fingerprint density at radius 3 is 2.87 bits per heavy atom. The number of aromatic amines is 1. The monoisotopic (exact) mass is 512 g/mol. The second-order valence-corrected chi connectivity index (χ2v) is 9.67. The lowest BCUT2D eigenvalue weighted by molar-refractivity contribution is 0.0304. The number of hydrogen-bond acceptors (Lipinski definition) is 7. The lowest BCUT2D eigenvalue weighted by atomic mass is 9.91. The van der Waals surface area contributed by atoms with Crippen LogP contribution in [0.25, 0.3) is 27.9 Å². The van der Waals surface area contributed by atoms with E-state index in [-0.39, 0.29) is 17.8 Å². The molecule has 1 atom stereocenters. The van der Waals surface area contributed by atoms with Crippen LogP contribution in [0.5, 0.6) is 0 Å². The molecule has 5 aromatic rings. The first-order valence-corrected chi connectivity index (χ1v) is 12.7. The second-order valence-electron chi connectivity index (χ2n) is 9.67. The first-order chi connectivity index (χ1) is 18.6. The number of nitrogens with zero attached hydrogens (tertiary/aromatic N) is 6. The van der Waals surface area contributed by atoms with Crippen LogP contribution < -0.4 is 5.32 Å². The number of anilines is 1. The molecule has 192 valence electrons. The van der Waals surface area contributed by atoms with Gasteiger partial charge in [0.2, 0.25) is 5.95 Å². The Bertz CT molecular complexity index is 1670. The smallest absolute Gasteiger partial charge is 0.259 e. The number of carbonyl (C=O) groups excluding carboxylic acids is 1. The molecule has 0 bridgehead atoms. The number of aryl methyl sites for hydroxylation is 1. The largest absolute Gasteiger partial charge is 0.378 e. The summed E-state index contributed by atoms with van der Waals surface area (Å²) < 4.78 is 21.0. The number of benzene rings is 1. The third kappa shape index (κ3) is 3.95. The molecule has 2 N–H and O–H groups in total. The molecule has 38 heavy (non-hydrogen) atoms. The number of aromatic nitrogens is 6. The number of pyridine rings is 1. The number of carbonyl (C=O) groups is 1. The zero-order valence-corrected chi connectivity index (χ0v) is 20.5. The van der Waals surface area contributed by atoms with Gasteiger partial charge in [0.15, 0.2) is 11.5 Å². The summed E-state index contributed by atoms with van der Waals surface area (Å²) in [6.45, 7) is 1.99. The van der Waals surface area contributed by atoms with E-state index >= 15 is 0 Å². The molecule has 1 aromatic carbocycles. The summed E-state index contributed by atoms with van der Waals surface area (Å²) in [7, 11) is 0. The number of rotatable bonds is 4. The zero-order chi connectivity index (χ0) is 25.6. The normalized spacial score (nSPS) is 17.6. The molecule has 0 unspecified atom stereocenters. The summed E-state index contributed by atoms with van der Waals surface area (Å²) in [4.78, 5) is 32.0. The third-order valence-electron chi connectivity index (χ3n) is 7.29. The number of fused-ring (bicyclic) bond motifs is 4. The maximum absolute atomic E-state index is 14.0. The zero-order valence-electron chi connectivity index (χ0n) is 20.5. The fourth-order valence-corrected chi connectivity index (χ4v) is 5.40. The summed E-state index contributed by atoms with van der Waals surface area (Å²) in [5.41, 5.74) is 4.85. The average molecular weight is 513 g/mol. The molecule has 1 aliphatic heterocycles. The van der Waals surface area contributed by atoms with Crippen LogP contribution >= 0.6 is 0 Å². The van der Waals surface area contributed by atoms with E-state index in [1.807, 2.05) is 6.07 Å². The van der Waals surface area contributed by atoms with E-state index < -0.39 is 5.82 Å². The van der Waals surface area contributed by atoms with E-state index in [2.05, 4.69) is 43.6 Å². The Kier molecular flexibility index (Phi) is 5.50. The molecule has 0 radical (unpaired) electrons. The van der Waals surface area contributed by atoms with Crippen LogP contribution in [-0.2, 0) is 17.6 Å². The molecule has 0 spiro atoms. The van der Waals surface area contributed by atoms with Crippen molar-refractivity contribution in [1.82, 2.24) is 34.4 Å². The van der Waals surface area contributed by atoms with Gasteiger partial charge in [-0.25, -0.2) is 9.37 Å². The Morgan fingerprint density at radius 1 is 1.13 bits per heavy atom. The highest BCUT2D eigenvalue weighted by molar-refractivity contribution is 6.00. The number of nitrogens with one attached hydrogen (secondary N) is 2. The highest BCUT2D eigenvalue weighted by Gasteiger charge is 2.27. The van der Waals surface area contributed by atoms with Crippen molar-refractivity contribution in [2.45, 2.75) is 25.3 Å². The van der Waals surface area contributed by atoms with Crippen LogP contribution in [0.4, 0.5) is 10.3 Å². The van der Waals surface area contributed by atoms with Crippen LogP contribution in [0.3, 0.4) is 0 Å². The molecular formula is C27H25FN8O2. The van der Waals surface area contributed by atoms with Gasteiger partial charge in [-0.1, -0.05) is 18.2 Å². The predicted molar refractivity (Wildman–Crippen MR) is 138 cm³/mol. The quantitative estimate of drug-likeness (QED) is 0.380. The number of para-hydroxylation sites is 1. The van der Waals surface area contributed by atoms with Crippen LogP contribution in [0, 0.1) is 5.82 Å². The molecule has 10 nitrogen and oxygen atoms in total. The number of ether oxygens (including phenoxy) is 1. The summed E-state index contributed by atoms with van der Waals surface area (Å²) in [5, 5.41) is 9.27. The van der Waals surface area contributed by atoms with Gasteiger partial charge in [0.1, 0.15) is 11.4 Å². The standard InChI is InChI=1S/C27H25FN8O2/c28-17-11-16(13-29-14-17)24-33-25-21(26(37)35-7-9-38-10-8-35)15-30-36(25)27(34-24)31-18-5-6-23-20(12-18)19-3-1-2-4-22(19)32-23/h1-4,11,13-15,18,32H,5-10,12H2,(H,31,33,34)/t18-/m1/s1. The molecule has 11 heteroatoms. The van der Waals surface area contributed by atoms with Crippen molar-refractivity contribution in [1.29, 1.82) is 0 Å². The number of amides is 1. The number of H-pyrrole nitrogens is 1. The highest BCUT2D eigenvalue weighted by Crippen LogP contribution is 2.31. The van der Waals surface area contributed by atoms with E-state index in [0.717, 1.165) is 31.0 Å². The Labute approximate surface area is 216 Å². The first-order valence-electron chi connectivity index (χ1n) is 12.7. The van der Waals surface area contributed by atoms with E-state index in [9.17, 15) is 9.18 Å². The third-order valence-corrected chi connectivity index (χ3v) is 7.29. The molecule has 4 aromatic heterocycles. The van der Waals surface area contributed by atoms with E-state index in [0.29, 0.717) is 49.0 Å². The fraction of sp³-hybridized carbons (Fsp3) is 0.296. The Morgan fingerprint density at radius 2 is 2.00 bits per heavy atom. The second kappa shape index (κ2) is 9.18. The van der Waals surface area contributed by atoms with E-state index in [4.69, 9.17) is 9.72 Å². The Hall–Kier alpha value is -4.38. The van der Waals surface area contributed by atoms with Crippen molar-refractivity contribution in [2.75, 3.05) is 31.6 Å². The van der Waals surface area contributed by atoms with Crippen molar-refractivity contribution < 1.29 is 13.9 Å². The van der Waals surface area contributed by atoms with Gasteiger partial charge in [-0.2, -0.15) is 14.6 Å². The predicted octanol–water partition coefficient (Wildman–Crippen LogP) is 3.25. The summed E-state index contributed by atoms with van der Waals surface area (Å²) in [6.07, 6.45) is 6.77. The highest BCUT2D eigenvalue weighted by atomic mass is 19.1. The van der Waals surface area contributed by atoms with Crippen molar-refractivity contribution in [2.24, 2.45) is 0 Å². The average Bonchev–Trinajstić information content (AvgIpc) is 3.55. The minimum atomic E-state index is -0.488. The van der Waals surface area contributed by atoms with Gasteiger partial charge in [0, 0.05) is 47.5 Å². The van der Waals surface area contributed by atoms with Gasteiger partial charge in [0.25, 0.3) is 5.91 Å². The maximum Gasteiger partial charge on any atom is 0.259 e. The summed E-state index contributed by atoms with van der Waals surface area (Å²) in [6, 6.07) is 9.75. The number of morpholine rings is 1. The van der Waals surface area contributed by atoms with Crippen molar-refractivity contribution >= 4 is 28.4 Å². The van der Waals surface area contributed by atoms with Crippen LogP contribution in [0.1, 0.15) is 28.0 Å². The summed E-state index contributed by atoms with van der Waals surface area (Å²) in [5.74, 6) is 0.0609. The van der Waals surface area contributed by atoms with Gasteiger partial charge in [-0.3, -0.25) is 9.78 Å². The molecule has 7 rings (SSSR count). The van der Waals surface area contributed by atoms with Crippen molar-refractivity contribution in [3.63, 3.8) is 0 Å². The van der Waals surface area contributed by atoms with Gasteiger partial charge in [-0.15, -0.1) is 0 Å². The molecule has 1 aliphatic carbocycles. The molecule has 5 heterocycles. The van der Waals surface area contributed by atoms with Gasteiger partial charge in [0.05, 0.1) is 25.6 Å². The number of hydrogen-bond donors (Lipinski definition) is 2. The van der Waals surface area contributed by atoms with Gasteiger partial charge < -0.3 is 19.9 Å². The first kappa shape index (κ1) is 22.8. The van der Waals surface area contributed by atoms with Crippen molar-refractivity contribution in [3.05, 3.63) is 71.6 Å². The molecular weight excluding hydrogens is 487 g/mol. The maximum atomic E-state index is 14.0. The van der Waals surface area contributed by atoms with E-state index in [1.54, 1.807) is 9.42 Å². The molecule has 2 aliphatic rings. The SMILES string of the molecule is O=C(c1cnn2c(N[C@@H]3CCc4[nH]c5ccccc5c4C3)nc(-c3cncc(F)c3)nc12)N1CCOCC1. The van der Waals surface area contributed by atoms with Crippen LogP contribution in [-0.4, -0.2) is 72.7 Å². The lowest BCUT2D eigenvalue weighted by Crippen LogP contribution is -2.40. The van der Waals surface area contributed by atoms with Gasteiger partial charge in [-0.05, 0) is 37.0 Å². The van der Waals surface area contributed by atoms with Gasteiger partial charge >= 0.3 is 0 Å². The van der Waals surface area contributed by atoms with Crippen LogP contribution in [0.2, 0.25) is 0 Å². The topological polar surface area (TPSA) is 113 Å². The molecule has 0 saturated carbocycles. The minimum Gasteiger partial charge on any atom is -0.378 e. The Balaban J connectivity index is 1.28. The molecule has 1 amide bonds. The molecule has 1 saturated heterocycles. The summed E-state index contributed by atoms with van der Waals surface area (Å²) >= 11 is 0. The van der Waals surface area contributed by atoms with Crippen molar-refractivity contribution in [3.8, 4) is 11.4 Å². The van der Waals surface area contributed by atoms with Crippen LogP contribution in [0.15, 0.2) is 48.9 Å². The fourth-order valence-electron chi connectivity index (χ4n) is 5.40. The molecule has 1 fully saturated rings.